The third kappa shape index (κ3) is 5.31. The fourth-order valence-corrected chi connectivity index (χ4v) is 4.00. The molecule has 2 saturated heterocycles. The van der Waals surface area contributed by atoms with Crippen LogP contribution in [-0.4, -0.2) is 54.3 Å². The molecule has 1 N–H and O–H groups in total. The first kappa shape index (κ1) is 18.9. The Morgan fingerprint density at radius 3 is 2.92 bits per heavy atom. The maximum absolute atomic E-state index is 12.4. The molecule has 26 heavy (non-hydrogen) atoms. The predicted molar refractivity (Wildman–Crippen MR) is 103 cm³/mol. The summed E-state index contributed by atoms with van der Waals surface area (Å²) >= 11 is 0. The summed E-state index contributed by atoms with van der Waals surface area (Å²) in [5.74, 6) is 0.988. The number of carbonyl (C=O) groups excluding carboxylic acids is 2. The fraction of sp³-hybridized carbons (Fsp3) is 0.619. The average molecular weight is 357 g/mol. The van der Waals surface area contributed by atoms with Gasteiger partial charge in [-0.05, 0) is 62.4 Å². The van der Waals surface area contributed by atoms with E-state index >= 15 is 0 Å². The Kier molecular flexibility index (Phi) is 6.67. The molecule has 0 spiro atoms. The Morgan fingerprint density at radius 1 is 1.27 bits per heavy atom. The van der Waals surface area contributed by atoms with Gasteiger partial charge in [0.05, 0.1) is 0 Å². The SMILES string of the molecule is CC1CCCN(CCCNC(=O)c2cccc(CN3CCCC3=O)c2)C1. The lowest BCUT2D eigenvalue weighted by Gasteiger charge is -2.30. The van der Waals surface area contributed by atoms with Gasteiger partial charge < -0.3 is 15.1 Å². The van der Waals surface area contributed by atoms with E-state index < -0.39 is 0 Å². The third-order valence-corrected chi connectivity index (χ3v) is 5.41. The number of nitrogens with one attached hydrogen (secondary N) is 1. The van der Waals surface area contributed by atoms with Gasteiger partial charge in [0.1, 0.15) is 0 Å². The first-order valence-electron chi connectivity index (χ1n) is 9.99. The van der Waals surface area contributed by atoms with E-state index in [1.54, 1.807) is 0 Å². The molecule has 3 rings (SSSR count). The van der Waals surface area contributed by atoms with Crippen LogP contribution in [0.3, 0.4) is 0 Å². The molecule has 2 aliphatic rings. The van der Waals surface area contributed by atoms with Crippen molar-refractivity contribution in [2.75, 3.05) is 32.7 Å². The topological polar surface area (TPSA) is 52.7 Å². The smallest absolute Gasteiger partial charge is 0.251 e. The number of hydrogen-bond acceptors (Lipinski definition) is 3. The lowest BCUT2D eigenvalue weighted by Crippen LogP contribution is -2.36. The van der Waals surface area contributed by atoms with Gasteiger partial charge in [-0.3, -0.25) is 9.59 Å². The first-order valence-corrected chi connectivity index (χ1v) is 9.99. The normalized spacial score (nSPS) is 21.2. The summed E-state index contributed by atoms with van der Waals surface area (Å²) in [6.07, 6.45) is 5.21. The minimum absolute atomic E-state index is 0.0217. The van der Waals surface area contributed by atoms with Crippen molar-refractivity contribution in [3.05, 3.63) is 35.4 Å². The molecule has 0 bridgehead atoms. The van der Waals surface area contributed by atoms with Crippen LogP contribution in [0.5, 0.6) is 0 Å². The zero-order valence-electron chi connectivity index (χ0n) is 15.9. The number of amides is 2. The van der Waals surface area contributed by atoms with Gasteiger partial charge in [-0.15, -0.1) is 0 Å². The lowest BCUT2D eigenvalue weighted by molar-refractivity contribution is -0.128. The first-order chi connectivity index (χ1) is 12.6. The highest BCUT2D eigenvalue weighted by molar-refractivity contribution is 5.94. The molecule has 1 atom stereocenters. The van der Waals surface area contributed by atoms with Crippen molar-refractivity contribution in [2.45, 2.75) is 45.6 Å². The number of rotatable bonds is 7. The van der Waals surface area contributed by atoms with Gasteiger partial charge >= 0.3 is 0 Å². The van der Waals surface area contributed by atoms with E-state index in [9.17, 15) is 9.59 Å². The van der Waals surface area contributed by atoms with E-state index in [0.717, 1.165) is 37.4 Å². The van der Waals surface area contributed by atoms with Gasteiger partial charge in [0, 0.05) is 38.2 Å². The van der Waals surface area contributed by atoms with E-state index in [-0.39, 0.29) is 11.8 Å². The average Bonchev–Trinajstić information content (AvgIpc) is 3.03. The number of hydrogen-bond donors (Lipinski definition) is 1. The molecule has 2 amide bonds. The number of piperidine rings is 1. The number of likely N-dealkylation sites (tertiary alicyclic amines) is 2. The second-order valence-electron chi connectivity index (χ2n) is 7.78. The third-order valence-electron chi connectivity index (χ3n) is 5.41. The number of nitrogens with zero attached hydrogens (tertiary/aromatic N) is 2. The van der Waals surface area contributed by atoms with E-state index in [1.807, 2.05) is 29.2 Å². The van der Waals surface area contributed by atoms with Gasteiger partial charge in [0.15, 0.2) is 0 Å². The summed E-state index contributed by atoms with van der Waals surface area (Å²) in [7, 11) is 0. The van der Waals surface area contributed by atoms with Crippen LogP contribution >= 0.6 is 0 Å². The highest BCUT2D eigenvalue weighted by Gasteiger charge is 2.20. The second-order valence-corrected chi connectivity index (χ2v) is 7.78. The summed E-state index contributed by atoms with van der Waals surface area (Å²) < 4.78 is 0. The van der Waals surface area contributed by atoms with Crippen LogP contribution < -0.4 is 5.32 Å². The van der Waals surface area contributed by atoms with Crippen molar-refractivity contribution in [3.63, 3.8) is 0 Å². The highest BCUT2D eigenvalue weighted by atomic mass is 16.2. The molecule has 1 aromatic carbocycles. The van der Waals surface area contributed by atoms with Gasteiger partial charge in [0.2, 0.25) is 5.91 Å². The molecule has 2 fully saturated rings. The standard InChI is InChI=1S/C21H31N3O2/c1-17-6-3-11-23(15-17)12-5-10-22-21(26)19-8-2-7-18(14-19)16-24-13-4-9-20(24)25/h2,7-8,14,17H,3-6,9-13,15-16H2,1H3,(H,22,26). The van der Waals surface area contributed by atoms with Gasteiger partial charge in [-0.2, -0.15) is 0 Å². The maximum Gasteiger partial charge on any atom is 0.251 e. The minimum Gasteiger partial charge on any atom is -0.352 e. The molecular formula is C21H31N3O2. The molecule has 0 aliphatic carbocycles. The molecule has 1 aromatic rings. The molecular weight excluding hydrogens is 326 g/mol. The maximum atomic E-state index is 12.4. The largest absolute Gasteiger partial charge is 0.352 e. The molecule has 2 heterocycles. The minimum atomic E-state index is -0.0217. The molecule has 0 aromatic heterocycles. The Balaban J connectivity index is 1.42. The van der Waals surface area contributed by atoms with Crippen molar-refractivity contribution in [3.8, 4) is 0 Å². The van der Waals surface area contributed by atoms with Crippen LogP contribution in [-0.2, 0) is 11.3 Å². The van der Waals surface area contributed by atoms with Crippen LogP contribution in [0.2, 0.25) is 0 Å². The molecule has 2 aliphatic heterocycles. The summed E-state index contributed by atoms with van der Waals surface area (Å²) in [6.45, 7) is 7.88. The molecule has 5 nitrogen and oxygen atoms in total. The number of benzene rings is 1. The second kappa shape index (κ2) is 9.17. The van der Waals surface area contributed by atoms with Crippen molar-refractivity contribution < 1.29 is 9.59 Å². The van der Waals surface area contributed by atoms with Crippen LogP contribution in [0.4, 0.5) is 0 Å². The fourth-order valence-electron chi connectivity index (χ4n) is 4.00. The molecule has 0 radical (unpaired) electrons. The predicted octanol–water partition coefficient (Wildman–Crippen LogP) is 2.66. The molecule has 1 unspecified atom stereocenters. The van der Waals surface area contributed by atoms with E-state index in [1.165, 1.54) is 25.9 Å². The Morgan fingerprint density at radius 2 is 2.15 bits per heavy atom. The van der Waals surface area contributed by atoms with Gasteiger partial charge in [-0.1, -0.05) is 19.1 Å². The quantitative estimate of drug-likeness (QED) is 0.764. The Hall–Kier alpha value is -1.88. The van der Waals surface area contributed by atoms with E-state index in [4.69, 9.17) is 0 Å². The van der Waals surface area contributed by atoms with Gasteiger partial charge in [-0.25, -0.2) is 0 Å². The molecule has 5 heteroatoms. The van der Waals surface area contributed by atoms with Gasteiger partial charge in [0.25, 0.3) is 5.91 Å². The Labute approximate surface area is 156 Å². The Bertz CT molecular complexity index is 631. The summed E-state index contributed by atoms with van der Waals surface area (Å²) in [5.41, 5.74) is 1.70. The molecule has 142 valence electrons. The van der Waals surface area contributed by atoms with Crippen LogP contribution in [0.1, 0.15) is 54.9 Å². The zero-order chi connectivity index (χ0) is 18.4. The van der Waals surface area contributed by atoms with Crippen molar-refractivity contribution >= 4 is 11.8 Å². The zero-order valence-corrected chi connectivity index (χ0v) is 15.9. The monoisotopic (exact) mass is 357 g/mol. The number of carbonyl (C=O) groups is 2. The van der Waals surface area contributed by atoms with E-state index in [2.05, 4.69) is 17.1 Å². The van der Waals surface area contributed by atoms with Crippen LogP contribution in [0, 0.1) is 5.92 Å². The summed E-state index contributed by atoms with van der Waals surface area (Å²) in [6, 6.07) is 7.64. The van der Waals surface area contributed by atoms with Crippen molar-refractivity contribution in [2.24, 2.45) is 5.92 Å². The molecule has 0 saturated carbocycles. The summed E-state index contributed by atoms with van der Waals surface area (Å²) in [4.78, 5) is 28.5. The van der Waals surface area contributed by atoms with Crippen LogP contribution in [0.15, 0.2) is 24.3 Å². The lowest BCUT2D eigenvalue weighted by atomic mass is 10.0. The van der Waals surface area contributed by atoms with Crippen molar-refractivity contribution in [1.82, 2.24) is 15.1 Å². The van der Waals surface area contributed by atoms with E-state index in [0.29, 0.717) is 25.1 Å². The van der Waals surface area contributed by atoms with Crippen LogP contribution in [0.25, 0.3) is 0 Å². The van der Waals surface area contributed by atoms with Crippen molar-refractivity contribution in [1.29, 1.82) is 0 Å². The highest BCUT2D eigenvalue weighted by Crippen LogP contribution is 2.16. The summed E-state index contributed by atoms with van der Waals surface area (Å²) in [5, 5.41) is 3.03.